The van der Waals surface area contributed by atoms with Gasteiger partial charge in [-0.2, -0.15) is 0 Å². The predicted molar refractivity (Wildman–Crippen MR) is 139 cm³/mol. The van der Waals surface area contributed by atoms with Gasteiger partial charge in [0.15, 0.2) is 0 Å². The van der Waals surface area contributed by atoms with Crippen LogP contribution < -0.4 is 14.8 Å². The van der Waals surface area contributed by atoms with Crippen LogP contribution in [0.5, 0.6) is 11.5 Å². The van der Waals surface area contributed by atoms with Gasteiger partial charge >= 0.3 is 0 Å². The third-order valence-corrected chi connectivity index (χ3v) is 7.67. The standard InChI is InChI=1S/C29H35N3O4/c1-4-36-26-13-9-8-10-21(26)18-32-27(33)25-16-20-14-15-23(35-3)17-24(20)31(25)19-29(32,2)28(34)30-22-11-6-5-7-12-22/h8-10,13-17,22H,4-7,11-12,18-19H2,1-3H3,(H,30,34)/t29-/m1/s1. The number of para-hydroxylation sites is 1. The molecule has 2 amide bonds. The number of ether oxygens (including phenoxy) is 2. The topological polar surface area (TPSA) is 72.8 Å². The average molecular weight is 490 g/mol. The Bertz CT molecular complexity index is 1280. The Morgan fingerprint density at radius 2 is 1.89 bits per heavy atom. The van der Waals surface area contributed by atoms with Crippen molar-refractivity contribution < 1.29 is 19.1 Å². The van der Waals surface area contributed by atoms with Crippen LogP contribution in [0.15, 0.2) is 48.5 Å². The van der Waals surface area contributed by atoms with E-state index < -0.39 is 5.54 Å². The van der Waals surface area contributed by atoms with Gasteiger partial charge in [0.1, 0.15) is 22.7 Å². The van der Waals surface area contributed by atoms with Crippen molar-refractivity contribution in [2.45, 2.75) is 70.6 Å². The molecule has 1 aliphatic heterocycles. The minimum atomic E-state index is -1.07. The number of hydrogen-bond acceptors (Lipinski definition) is 4. The maximum absolute atomic E-state index is 14.1. The molecule has 190 valence electrons. The predicted octanol–water partition coefficient (Wildman–Crippen LogP) is 4.91. The van der Waals surface area contributed by atoms with Crippen LogP contribution in [-0.4, -0.2) is 46.6 Å². The van der Waals surface area contributed by atoms with Gasteiger partial charge in [0, 0.05) is 23.1 Å². The number of rotatable bonds is 7. The van der Waals surface area contributed by atoms with E-state index in [-0.39, 0.29) is 24.4 Å². The maximum Gasteiger partial charge on any atom is 0.271 e. The molecule has 0 radical (unpaired) electrons. The lowest BCUT2D eigenvalue weighted by atomic mass is 9.91. The Labute approximate surface area is 212 Å². The highest BCUT2D eigenvalue weighted by molar-refractivity contribution is 6.03. The largest absolute Gasteiger partial charge is 0.497 e. The molecule has 2 aromatic carbocycles. The van der Waals surface area contributed by atoms with Crippen LogP contribution >= 0.6 is 0 Å². The van der Waals surface area contributed by atoms with Gasteiger partial charge in [-0.1, -0.05) is 37.5 Å². The molecular formula is C29H35N3O4. The van der Waals surface area contributed by atoms with Crippen LogP contribution in [0.4, 0.5) is 0 Å². The van der Waals surface area contributed by atoms with Crippen molar-refractivity contribution in [1.82, 2.24) is 14.8 Å². The third-order valence-electron chi connectivity index (χ3n) is 7.67. The maximum atomic E-state index is 14.1. The first-order valence-electron chi connectivity index (χ1n) is 13.0. The lowest BCUT2D eigenvalue weighted by Crippen LogP contribution is -2.64. The van der Waals surface area contributed by atoms with E-state index in [1.54, 1.807) is 12.0 Å². The Morgan fingerprint density at radius 3 is 2.64 bits per heavy atom. The van der Waals surface area contributed by atoms with Crippen LogP contribution in [0, 0.1) is 0 Å². The summed E-state index contributed by atoms with van der Waals surface area (Å²) in [6.45, 7) is 5.01. The first-order chi connectivity index (χ1) is 17.4. The molecule has 2 aliphatic rings. The van der Waals surface area contributed by atoms with E-state index in [0.717, 1.165) is 53.6 Å². The molecule has 7 heteroatoms. The first-order valence-corrected chi connectivity index (χ1v) is 13.0. The molecule has 36 heavy (non-hydrogen) atoms. The zero-order chi connectivity index (χ0) is 25.3. The van der Waals surface area contributed by atoms with E-state index in [9.17, 15) is 9.59 Å². The number of benzene rings is 2. The summed E-state index contributed by atoms with van der Waals surface area (Å²) in [5.41, 5.74) is 1.28. The molecule has 0 saturated heterocycles. The molecule has 0 spiro atoms. The van der Waals surface area contributed by atoms with E-state index in [4.69, 9.17) is 9.47 Å². The van der Waals surface area contributed by atoms with Crippen LogP contribution in [-0.2, 0) is 17.9 Å². The number of nitrogens with one attached hydrogen (secondary N) is 1. The minimum absolute atomic E-state index is 0.105. The quantitative estimate of drug-likeness (QED) is 0.512. The van der Waals surface area contributed by atoms with Crippen LogP contribution in [0.1, 0.15) is 62.0 Å². The normalized spacial score (nSPS) is 20.3. The number of aromatic nitrogens is 1. The number of hydrogen-bond donors (Lipinski definition) is 1. The SMILES string of the molecule is CCOc1ccccc1CN1C(=O)c2cc3ccc(OC)cc3n2C[C@]1(C)C(=O)NC1CCCCC1. The summed E-state index contributed by atoms with van der Waals surface area (Å²) >= 11 is 0. The summed E-state index contributed by atoms with van der Waals surface area (Å²) in [5, 5.41) is 4.25. The molecule has 5 rings (SSSR count). The molecule has 7 nitrogen and oxygen atoms in total. The Balaban J connectivity index is 1.57. The number of methoxy groups -OCH3 is 1. The van der Waals surface area contributed by atoms with Crippen LogP contribution in [0.25, 0.3) is 10.9 Å². The average Bonchev–Trinajstić information content (AvgIpc) is 3.25. The van der Waals surface area contributed by atoms with E-state index in [2.05, 4.69) is 5.32 Å². The fourth-order valence-corrected chi connectivity index (χ4v) is 5.59. The van der Waals surface area contributed by atoms with Crippen molar-refractivity contribution in [2.24, 2.45) is 0 Å². The van der Waals surface area contributed by atoms with E-state index in [0.29, 0.717) is 18.8 Å². The molecule has 3 aromatic rings. The fraction of sp³-hybridized carbons (Fsp3) is 0.448. The fourth-order valence-electron chi connectivity index (χ4n) is 5.59. The van der Waals surface area contributed by atoms with Crippen LogP contribution in [0.3, 0.4) is 0 Å². The summed E-state index contributed by atoms with van der Waals surface area (Å²) in [7, 11) is 1.63. The van der Waals surface area contributed by atoms with Crippen molar-refractivity contribution in [1.29, 1.82) is 0 Å². The van der Waals surface area contributed by atoms with Gasteiger partial charge in [-0.25, -0.2) is 0 Å². The van der Waals surface area contributed by atoms with Gasteiger partial charge in [-0.15, -0.1) is 0 Å². The second-order valence-corrected chi connectivity index (χ2v) is 10.1. The van der Waals surface area contributed by atoms with E-state index >= 15 is 0 Å². The summed E-state index contributed by atoms with van der Waals surface area (Å²) in [6.07, 6.45) is 5.43. The minimum Gasteiger partial charge on any atom is -0.497 e. The van der Waals surface area contributed by atoms with Gasteiger partial charge in [-0.3, -0.25) is 9.59 Å². The second kappa shape index (κ2) is 9.88. The molecular weight excluding hydrogens is 454 g/mol. The number of nitrogens with zero attached hydrogens (tertiary/aromatic N) is 2. The lowest BCUT2D eigenvalue weighted by molar-refractivity contribution is -0.134. The summed E-state index contributed by atoms with van der Waals surface area (Å²) < 4.78 is 13.3. The van der Waals surface area contributed by atoms with E-state index in [1.165, 1.54) is 6.42 Å². The highest BCUT2D eigenvalue weighted by atomic mass is 16.5. The van der Waals surface area contributed by atoms with Crippen molar-refractivity contribution >= 4 is 22.7 Å². The third kappa shape index (κ3) is 4.31. The molecule has 1 aromatic heterocycles. The van der Waals surface area contributed by atoms with Gasteiger partial charge < -0.3 is 24.3 Å². The Kier molecular flexibility index (Phi) is 6.65. The zero-order valence-electron chi connectivity index (χ0n) is 21.4. The molecule has 2 heterocycles. The number of fused-ring (bicyclic) bond motifs is 3. The Hall–Kier alpha value is -3.48. The molecule has 1 saturated carbocycles. The van der Waals surface area contributed by atoms with Gasteiger partial charge in [0.25, 0.3) is 5.91 Å². The van der Waals surface area contributed by atoms with Crippen molar-refractivity contribution in [2.75, 3.05) is 13.7 Å². The summed E-state index contributed by atoms with van der Waals surface area (Å²) in [4.78, 5) is 29.8. The zero-order valence-corrected chi connectivity index (χ0v) is 21.4. The van der Waals surface area contributed by atoms with Gasteiger partial charge in [0.2, 0.25) is 5.91 Å². The number of carbonyl (C=O) groups is 2. The first kappa shape index (κ1) is 24.2. The van der Waals surface area contributed by atoms with Gasteiger partial charge in [-0.05, 0) is 51.0 Å². The number of carbonyl (C=O) groups excluding carboxylic acids is 2. The van der Waals surface area contributed by atoms with Crippen molar-refractivity contribution in [3.05, 3.63) is 59.8 Å². The molecule has 0 unspecified atom stereocenters. The monoisotopic (exact) mass is 489 g/mol. The van der Waals surface area contributed by atoms with E-state index in [1.807, 2.05) is 66.9 Å². The smallest absolute Gasteiger partial charge is 0.271 e. The molecule has 1 atom stereocenters. The summed E-state index contributed by atoms with van der Waals surface area (Å²) in [6, 6.07) is 15.6. The van der Waals surface area contributed by atoms with Crippen LogP contribution in [0.2, 0.25) is 0 Å². The molecule has 0 bridgehead atoms. The highest BCUT2D eigenvalue weighted by Gasteiger charge is 2.48. The second-order valence-electron chi connectivity index (χ2n) is 10.1. The van der Waals surface area contributed by atoms with Crippen molar-refractivity contribution in [3.8, 4) is 11.5 Å². The highest BCUT2D eigenvalue weighted by Crippen LogP contribution is 2.36. The molecule has 1 fully saturated rings. The molecule has 1 aliphatic carbocycles. The Morgan fingerprint density at radius 1 is 1.11 bits per heavy atom. The lowest BCUT2D eigenvalue weighted by Gasteiger charge is -2.45. The van der Waals surface area contributed by atoms with Gasteiger partial charge in [0.05, 0.1) is 32.3 Å². The van der Waals surface area contributed by atoms with Crippen molar-refractivity contribution in [3.63, 3.8) is 0 Å². The summed E-state index contributed by atoms with van der Waals surface area (Å²) in [5.74, 6) is 1.19. The molecule has 1 N–H and O–H groups in total. The number of amides is 2.